The van der Waals surface area contributed by atoms with E-state index in [4.69, 9.17) is 0 Å². The van der Waals surface area contributed by atoms with Crippen LogP contribution in [0, 0.1) is 0 Å². The minimum atomic E-state index is 0.151. The van der Waals surface area contributed by atoms with E-state index in [1.807, 2.05) is 0 Å². The summed E-state index contributed by atoms with van der Waals surface area (Å²) in [7, 11) is 0. The van der Waals surface area contributed by atoms with Gasteiger partial charge in [0.25, 0.3) is 0 Å². The zero-order valence-electron chi connectivity index (χ0n) is 6.52. The Balaban J connectivity index is 2.12. The molecule has 0 saturated carbocycles. The first-order chi connectivity index (χ1) is 5.83. The molecule has 1 fully saturated rings. The Bertz CT molecular complexity index is 168. The molecule has 1 heterocycles. The molecule has 12 heavy (non-hydrogen) atoms. The SMILES string of the molecule is C=CC(=O)SCC1[Se]C[Se]C[Se]1. The van der Waals surface area contributed by atoms with Crippen LogP contribution in [-0.4, -0.2) is 55.7 Å². The van der Waals surface area contributed by atoms with Crippen molar-refractivity contribution in [1.29, 1.82) is 0 Å². The summed E-state index contributed by atoms with van der Waals surface area (Å²) < 4.78 is 3.92. The van der Waals surface area contributed by atoms with Crippen molar-refractivity contribution in [2.24, 2.45) is 0 Å². The van der Waals surface area contributed by atoms with Crippen molar-refractivity contribution < 1.29 is 4.79 Å². The van der Waals surface area contributed by atoms with Crippen LogP contribution in [-0.2, 0) is 4.79 Å². The van der Waals surface area contributed by atoms with Crippen LogP contribution in [0.4, 0.5) is 0 Å². The predicted molar refractivity (Wildman–Crippen MR) is 58.3 cm³/mol. The average Bonchev–Trinajstić information content (AvgIpc) is 2.16. The molecule has 0 unspecified atom stereocenters. The third-order valence-corrected chi connectivity index (χ3v) is 16.2. The topological polar surface area (TPSA) is 17.1 Å². The van der Waals surface area contributed by atoms with Crippen molar-refractivity contribution in [2.75, 3.05) is 5.75 Å². The summed E-state index contributed by atoms with van der Waals surface area (Å²) in [5.74, 6) is 1.07. The van der Waals surface area contributed by atoms with E-state index in [0.29, 0.717) is 0 Å². The molecule has 0 amide bonds. The molecule has 1 aliphatic heterocycles. The van der Waals surface area contributed by atoms with Crippen molar-refractivity contribution in [1.82, 2.24) is 0 Å². The molecular formula is C7H10OSSe3. The fourth-order valence-corrected chi connectivity index (χ4v) is 22.0. The fraction of sp³-hybridized carbons (Fsp3) is 0.571. The van der Waals surface area contributed by atoms with Gasteiger partial charge < -0.3 is 0 Å². The van der Waals surface area contributed by atoms with Crippen LogP contribution < -0.4 is 0 Å². The van der Waals surface area contributed by atoms with Crippen molar-refractivity contribution in [3.8, 4) is 0 Å². The van der Waals surface area contributed by atoms with Gasteiger partial charge in [0.1, 0.15) is 0 Å². The predicted octanol–water partition coefficient (Wildman–Crippen LogP) is 1.06. The quantitative estimate of drug-likeness (QED) is 0.539. The van der Waals surface area contributed by atoms with E-state index in [2.05, 4.69) is 6.58 Å². The maximum atomic E-state index is 10.9. The van der Waals surface area contributed by atoms with E-state index >= 15 is 0 Å². The van der Waals surface area contributed by atoms with Crippen molar-refractivity contribution in [3.05, 3.63) is 12.7 Å². The summed E-state index contributed by atoms with van der Waals surface area (Å²) in [6.45, 7) is 3.47. The van der Waals surface area contributed by atoms with Crippen LogP contribution >= 0.6 is 11.8 Å². The zero-order chi connectivity index (χ0) is 8.81. The first-order valence-electron chi connectivity index (χ1n) is 3.43. The van der Waals surface area contributed by atoms with E-state index in [-0.39, 0.29) is 5.12 Å². The molecule has 0 aromatic heterocycles. The first-order valence-corrected chi connectivity index (χ1v) is 11.2. The third-order valence-electron chi connectivity index (χ3n) is 1.20. The van der Waals surface area contributed by atoms with E-state index < -0.39 is 0 Å². The molecule has 1 aliphatic rings. The summed E-state index contributed by atoms with van der Waals surface area (Å²) in [4.78, 5) is 10.9. The average molecular weight is 379 g/mol. The standard InChI is InChI=1S/C7H10OSSe3/c1-2-6(8)9-3-7-11-4-10-5-12-7/h2,7H,1,3-5H2. The summed E-state index contributed by atoms with van der Waals surface area (Å²) >= 11 is 4.13. The monoisotopic (exact) mass is 382 g/mol. The van der Waals surface area contributed by atoms with Gasteiger partial charge in [-0.15, -0.1) is 0 Å². The summed E-state index contributed by atoms with van der Waals surface area (Å²) in [5, 5.41) is 0.151. The van der Waals surface area contributed by atoms with Crippen LogP contribution in [0.25, 0.3) is 0 Å². The Kier molecular flexibility index (Phi) is 6.39. The van der Waals surface area contributed by atoms with E-state index in [9.17, 15) is 4.79 Å². The molecule has 0 atom stereocenters. The third kappa shape index (κ3) is 4.53. The number of hydrogen-bond donors (Lipinski definition) is 0. The van der Waals surface area contributed by atoms with E-state index in [0.717, 1.165) is 54.3 Å². The van der Waals surface area contributed by atoms with Gasteiger partial charge in [0, 0.05) is 0 Å². The van der Waals surface area contributed by atoms with Gasteiger partial charge in [-0.05, 0) is 0 Å². The molecule has 1 saturated heterocycles. The molecule has 0 aromatic rings. The van der Waals surface area contributed by atoms with Gasteiger partial charge in [-0.1, -0.05) is 0 Å². The van der Waals surface area contributed by atoms with Gasteiger partial charge in [0.05, 0.1) is 0 Å². The second-order valence-corrected chi connectivity index (χ2v) is 15.3. The zero-order valence-corrected chi connectivity index (χ0v) is 12.5. The number of carbonyl (C=O) groups is 1. The van der Waals surface area contributed by atoms with Gasteiger partial charge in [-0.2, -0.15) is 0 Å². The van der Waals surface area contributed by atoms with Crippen LogP contribution in [0.3, 0.4) is 0 Å². The Morgan fingerprint density at radius 2 is 2.25 bits per heavy atom. The molecule has 0 aromatic carbocycles. The maximum absolute atomic E-state index is 10.9. The van der Waals surface area contributed by atoms with Crippen molar-refractivity contribution in [3.63, 3.8) is 0 Å². The van der Waals surface area contributed by atoms with Crippen LogP contribution in [0.1, 0.15) is 0 Å². The van der Waals surface area contributed by atoms with Gasteiger partial charge in [-0.25, -0.2) is 0 Å². The number of rotatable bonds is 3. The van der Waals surface area contributed by atoms with Crippen LogP contribution in [0.15, 0.2) is 12.7 Å². The van der Waals surface area contributed by atoms with E-state index in [1.54, 1.807) is 0 Å². The number of thioether (sulfide) groups is 1. The first kappa shape index (κ1) is 11.4. The molecule has 1 rings (SSSR count). The molecule has 0 aliphatic carbocycles. The van der Waals surface area contributed by atoms with Gasteiger partial charge >= 0.3 is 97.1 Å². The van der Waals surface area contributed by atoms with E-state index in [1.165, 1.54) is 26.3 Å². The second-order valence-electron chi connectivity index (χ2n) is 2.04. The van der Waals surface area contributed by atoms with Crippen molar-refractivity contribution >= 4 is 61.7 Å². The fourth-order valence-electron chi connectivity index (χ4n) is 0.635. The van der Waals surface area contributed by atoms with Gasteiger partial charge in [-0.3, -0.25) is 0 Å². The van der Waals surface area contributed by atoms with Crippen LogP contribution in [0.2, 0.25) is 12.2 Å². The normalized spacial score (nSPS) is 19.0. The molecular weight excluding hydrogens is 369 g/mol. The Morgan fingerprint density at radius 1 is 1.58 bits per heavy atom. The van der Waals surface area contributed by atoms with Gasteiger partial charge in [0.15, 0.2) is 0 Å². The molecule has 1 nitrogen and oxygen atoms in total. The summed E-state index contributed by atoms with van der Waals surface area (Å²) in [6.07, 6.45) is 1.43. The molecule has 0 N–H and O–H groups in total. The Morgan fingerprint density at radius 3 is 2.83 bits per heavy atom. The second kappa shape index (κ2) is 6.73. The van der Waals surface area contributed by atoms with Crippen molar-refractivity contribution in [2.45, 2.75) is 12.2 Å². The molecule has 0 radical (unpaired) electrons. The summed E-state index contributed by atoms with van der Waals surface area (Å²) in [5.41, 5.74) is 0. The Hall–Kier alpha value is 1.32. The molecule has 68 valence electrons. The molecule has 5 heteroatoms. The number of hydrogen-bond acceptors (Lipinski definition) is 2. The number of carbonyl (C=O) groups excluding carboxylic acids is 1. The molecule has 0 bridgehead atoms. The Labute approximate surface area is 96.4 Å². The van der Waals surface area contributed by atoms with Gasteiger partial charge in [0.2, 0.25) is 0 Å². The van der Waals surface area contributed by atoms with Crippen LogP contribution in [0.5, 0.6) is 0 Å². The summed E-state index contributed by atoms with van der Waals surface area (Å²) in [6, 6.07) is 0. The molecule has 0 spiro atoms. The minimum absolute atomic E-state index is 0.151.